The van der Waals surface area contributed by atoms with E-state index in [2.05, 4.69) is 170 Å². The standard InChI is InChI=1S/2C14H22O2.2C11H16.C10H22O2/c2*1-5-11(3)13-7-9-14(10-8-13)16-12(4)15-6-2;2*1-4-10(3)11-7-5-9(2)6-8-11;1-9(2)11-7-5-6-8-12-10(3)4/h2*7-12H,5-6H2,1-4H3;2*5-8,10H,4H2,1-3H3;9-10H,5-8H2,1-4H3. The van der Waals surface area contributed by atoms with Crippen LogP contribution in [0.5, 0.6) is 11.5 Å². The number of hydrogen-bond acceptors (Lipinski definition) is 6. The van der Waals surface area contributed by atoms with Gasteiger partial charge in [-0.05, 0) is 178 Å². The highest BCUT2D eigenvalue weighted by Crippen LogP contribution is 2.24. The first-order chi connectivity index (χ1) is 31.4. The molecule has 0 spiro atoms. The highest BCUT2D eigenvalue weighted by molar-refractivity contribution is 5.30. The van der Waals surface area contributed by atoms with Crippen LogP contribution < -0.4 is 9.47 Å². The molecule has 0 aromatic heterocycles. The van der Waals surface area contributed by atoms with Crippen LogP contribution in [0.4, 0.5) is 0 Å². The Morgan fingerprint density at radius 2 is 0.576 bits per heavy atom. The first-order valence-corrected chi connectivity index (χ1v) is 25.6. The smallest absolute Gasteiger partial charge is 0.196 e. The maximum atomic E-state index is 5.60. The van der Waals surface area contributed by atoms with Gasteiger partial charge >= 0.3 is 0 Å². The molecule has 0 aliphatic rings. The maximum Gasteiger partial charge on any atom is 0.196 e. The normalized spacial score (nSPS) is 13.5. The molecule has 0 radical (unpaired) electrons. The Bertz CT molecular complexity index is 1540. The van der Waals surface area contributed by atoms with Gasteiger partial charge in [0.25, 0.3) is 0 Å². The SMILES string of the molecule is CC(C)OCCCCOC(C)C.CCC(C)c1ccc(C)cc1.CCC(C)c1ccc(C)cc1.CCOC(C)Oc1ccc(C(C)CC)cc1.CCOC(C)Oc1ccc(C(C)CC)cc1. The van der Waals surface area contributed by atoms with Gasteiger partial charge in [0.15, 0.2) is 12.6 Å². The Kier molecular flexibility index (Phi) is 36.2. The van der Waals surface area contributed by atoms with Gasteiger partial charge in [-0.15, -0.1) is 0 Å². The van der Waals surface area contributed by atoms with E-state index >= 15 is 0 Å². The van der Waals surface area contributed by atoms with E-state index < -0.39 is 0 Å². The number of benzene rings is 4. The number of unbranched alkanes of at least 4 members (excludes halogenated alkanes) is 1. The van der Waals surface area contributed by atoms with Crippen LogP contribution in [0.15, 0.2) is 97.1 Å². The Morgan fingerprint density at radius 1 is 0.333 bits per heavy atom. The minimum atomic E-state index is -0.181. The molecule has 0 aliphatic heterocycles. The summed E-state index contributed by atoms with van der Waals surface area (Å²) >= 11 is 0. The van der Waals surface area contributed by atoms with Gasteiger partial charge in [0.05, 0.1) is 12.2 Å². The second-order valence-corrected chi connectivity index (χ2v) is 18.0. The first-order valence-electron chi connectivity index (χ1n) is 25.6. The van der Waals surface area contributed by atoms with Crippen LogP contribution in [0, 0.1) is 13.8 Å². The largest absolute Gasteiger partial charge is 0.465 e. The molecule has 0 bridgehead atoms. The van der Waals surface area contributed by atoms with Gasteiger partial charge in [0.1, 0.15) is 11.5 Å². The Balaban J connectivity index is 0.000000808. The number of rotatable bonds is 23. The number of ether oxygens (including phenoxy) is 6. The van der Waals surface area contributed by atoms with Crippen LogP contribution in [0.25, 0.3) is 0 Å². The summed E-state index contributed by atoms with van der Waals surface area (Å²) in [6.45, 7) is 41.2. The lowest BCUT2D eigenvalue weighted by atomic mass is 9.98. The molecule has 0 saturated carbocycles. The molecule has 0 N–H and O–H groups in total. The molecule has 66 heavy (non-hydrogen) atoms. The summed E-state index contributed by atoms with van der Waals surface area (Å²) < 4.78 is 32.6. The molecule has 0 heterocycles. The fourth-order valence-corrected chi connectivity index (χ4v) is 6.25. The van der Waals surface area contributed by atoms with Crippen molar-refractivity contribution < 1.29 is 28.4 Å². The summed E-state index contributed by atoms with van der Waals surface area (Å²) in [5.41, 5.74) is 8.32. The summed E-state index contributed by atoms with van der Waals surface area (Å²) in [6, 6.07) is 34.2. The molecule has 6 unspecified atom stereocenters. The van der Waals surface area contributed by atoms with Crippen LogP contribution >= 0.6 is 0 Å². The lowest BCUT2D eigenvalue weighted by Gasteiger charge is -2.15. The van der Waals surface area contributed by atoms with E-state index in [1.54, 1.807) is 0 Å². The van der Waals surface area contributed by atoms with Crippen molar-refractivity contribution in [3.8, 4) is 11.5 Å². The van der Waals surface area contributed by atoms with E-state index in [-0.39, 0.29) is 12.6 Å². The van der Waals surface area contributed by atoms with Crippen molar-refractivity contribution in [2.75, 3.05) is 26.4 Å². The van der Waals surface area contributed by atoms with Crippen LogP contribution in [0.3, 0.4) is 0 Å². The van der Waals surface area contributed by atoms with Gasteiger partial charge in [-0.3, -0.25) is 0 Å². The summed E-state index contributed by atoms with van der Waals surface area (Å²) in [4.78, 5) is 0. The zero-order valence-electron chi connectivity index (χ0n) is 45.4. The molecule has 0 amide bonds. The van der Waals surface area contributed by atoms with Crippen molar-refractivity contribution in [1.82, 2.24) is 0 Å². The van der Waals surface area contributed by atoms with E-state index in [1.807, 2.05) is 52.0 Å². The van der Waals surface area contributed by atoms with Crippen molar-refractivity contribution in [1.29, 1.82) is 0 Å². The summed E-state index contributed by atoms with van der Waals surface area (Å²) in [5, 5.41) is 0. The third-order valence-electron chi connectivity index (χ3n) is 11.5. The van der Waals surface area contributed by atoms with E-state index in [0.29, 0.717) is 49.1 Å². The summed E-state index contributed by atoms with van der Waals surface area (Å²) in [6.07, 6.45) is 7.33. The molecular weight excluding hydrogens is 817 g/mol. The third-order valence-corrected chi connectivity index (χ3v) is 11.5. The van der Waals surface area contributed by atoms with Gasteiger partial charge in [-0.1, -0.05) is 139 Å². The van der Waals surface area contributed by atoms with Crippen molar-refractivity contribution in [2.45, 2.75) is 212 Å². The molecule has 4 aromatic rings. The first kappa shape index (κ1) is 62.3. The topological polar surface area (TPSA) is 55.4 Å². The highest BCUT2D eigenvalue weighted by atomic mass is 16.7. The molecule has 0 fully saturated rings. The predicted molar refractivity (Wildman–Crippen MR) is 285 cm³/mol. The molecule has 6 atom stereocenters. The minimum absolute atomic E-state index is 0.181. The van der Waals surface area contributed by atoms with E-state index in [0.717, 1.165) is 50.4 Å². The highest BCUT2D eigenvalue weighted by Gasteiger charge is 2.07. The van der Waals surface area contributed by atoms with Gasteiger partial charge in [-0.2, -0.15) is 0 Å². The molecule has 4 rings (SSSR count). The molecule has 6 nitrogen and oxygen atoms in total. The van der Waals surface area contributed by atoms with Gasteiger partial charge < -0.3 is 28.4 Å². The van der Waals surface area contributed by atoms with Crippen molar-refractivity contribution in [2.24, 2.45) is 0 Å². The third kappa shape index (κ3) is 30.6. The van der Waals surface area contributed by atoms with Gasteiger partial charge in [-0.25, -0.2) is 0 Å². The van der Waals surface area contributed by atoms with Gasteiger partial charge in [0, 0.05) is 26.4 Å². The molecule has 374 valence electrons. The molecule has 6 heteroatoms. The second kappa shape index (κ2) is 38.3. The van der Waals surface area contributed by atoms with Crippen LogP contribution in [-0.4, -0.2) is 51.2 Å². The molecule has 0 saturated heterocycles. The number of aryl methyl sites for hydroxylation is 2. The Hall–Kier alpha value is -3.68. The average molecular weight is 915 g/mol. The maximum absolute atomic E-state index is 5.60. The van der Waals surface area contributed by atoms with E-state index in [9.17, 15) is 0 Å². The molecule has 0 aliphatic carbocycles. The van der Waals surface area contributed by atoms with Gasteiger partial charge in [0.2, 0.25) is 0 Å². The summed E-state index contributed by atoms with van der Waals surface area (Å²) in [7, 11) is 0. The lowest BCUT2D eigenvalue weighted by Crippen LogP contribution is -2.15. The minimum Gasteiger partial charge on any atom is -0.465 e. The monoisotopic (exact) mass is 915 g/mol. The molecule has 4 aromatic carbocycles. The van der Waals surface area contributed by atoms with Crippen molar-refractivity contribution in [3.05, 3.63) is 130 Å². The predicted octanol–water partition coefficient (Wildman–Crippen LogP) is 17.6. The summed E-state index contributed by atoms with van der Waals surface area (Å²) in [5.74, 6) is 4.36. The van der Waals surface area contributed by atoms with Crippen LogP contribution in [-0.2, 0) is 18.9 Å². The zero-order chi connectivity index (χ0) is 49.9. The van der Waals surface area contributed by atoms with Crippen molar-refractivity contribution >= 4 is 0 Å². The lowest BCUT2D eigenvalue weighted by molar-refractivity contribution is -0.0616. The zero-order valence-corrected chi connectivity index (χ0v) is 45.4. The number of hydrogen-bond donors (Lipinski definition) is 0. The fourth-order valence-electron chi connectivity index (χ4n) is 6.25. The van der Waals surface area contributed by atoms with Crippen molar-refractivity contribution in [3.63, 3.8) is 0 Å². The Labute approximate surface area is 406 Å². The van der Waals surface area contributed by atoms with E-state index in [1.165, 1.54) is 46.2 Å². The Morgan fingerprint density at radius 3 is 0.788 bits per heavy atom. The van der Waals surface area contributed by atoms with E-state index in [4.69, 9.17) is 28.4 Å². The second-order valence-electron chi connectivity index (χ2n) is 18.0. The van der Waals surface area contributed by atoms with Crippen LogP contribution in [0.1, 0.15) is 206 Å². The van der Waals surface area contributed by atoms with Crippen LogP contribution in [0.2, 0.25) is 0 Å². The quantitative estimate of drug-likeness (QED) is 0.0546. The molecular formula is C60H98O6. The fraction of sp³-hybridized carbons (Fsp3) is 0.600. The average Bonchev–Trinajstić information content (AvgIpc) is 3.31.